The first-order chi connectivity index (χ1) is 9.09. The molecule has 0 bridgehead atoms. The van der Waals surface area contributed by atoms with Gasteiger partial charge in [0.05, 0.1) is 16.6 Å². The molecule has 2 rings (SSSR count). The molecule has 0 radical (unpaired) electrons. The fourth-order valence-electron chi connectivity index (χ4n) is 1.79. The van der Waals surface area contributed by atoms with E-state index < -0.39 is 17.9 Å². The van der Waals surface area contributed by atoms with Gasteiger partial charge < -0.3 is 5.73 Å². The highest BCUT2D eigenvalue weighted by Crippen LogP contribution is 2.15. The van der Waals surface area contributed by atoms with Crippen LogP contribution in [0.2, 0.25) is 5.02 Å². The number of rotatable bonds is 2. The van der Waals surface area contributed by atoms with Crippen molar-refractivity contribution in [3.05, 3.63) is 58.7 Å². The Balaban J connectivity index is 2.10. The largest absolute Gasteiger partial charge is 0.321 e. The van der Waals surface area contributed by atoms with Crippen LogP contribution in [0.25, 0.3) is 0 Å². The van der Waals surface area contributed by atoms with Gasteiger partial charge >= 0.3 is 0 Å². The molecule has 4 nitrogen and oxygen atoms in total. The van der Waals surface area contributed by atoms with E-state index in [4.69, 9.17) is 17.3 Å². The van der Waals surface area contributed by atoms with Gasteiger partial charge in [0.1, 0.15) is 0 Å². The molecule has 98 valence electrons. The summed E-state index contributed by atoms with van der Waals surface area (Å²) < 4.78 is 0. The van der Waals surface area contributed by atoms with Gasteiger partial charge in [-0.05, 0) is 18.6 Å². The summed E-state index contributed by atoms with van der Waals surface area (Å²) >= 11 is 5.89. The Bertz CT molecular complexity index is 579. The number of carbonyl (C=O) groups excluding carboxylic acids is 2. The molecule has 0 spiro atoms. The SMILES string of the molecule is NC1C=CCC=C1C(=O)NC(=O)c1ccccc1Cl. The van der Waals surface area contributed by atoms with Crippen molar-refractivity contribution in [2.24, 2.45) is 5.73 Å². The van der Waals surface area contributed by atoms with E-state index in [0.717, 1.165) is 0 Å². The Labute approximate surface area is 115 Å². The molecule has 1 aliphatic rings. The Kier molecular flexibility index (Phi) is 4.14. The quantitative estimate of drug-likeness (QED) is 0.639. The van der Waals surface area contributed by atoms with Crippen molar-refractivity contribution in [1.29, 1.82) is 0 Å². The van der Waals surface area contributed by atoms with Gasteiger partial charge in [0.15, 0.2) is 0 Å². The van der Waals surface area contributed by atoms with E-state index in [1.165, 1.54) is 0 Å². The van der Waals surface area contributed by atoms with Crippen LogP contribution in [0.1, 0.15) is 16.8 Å². The lowest BCUT2D eigenvalue weighted by atomic mass is 10.0. The molecule has 3 N–H and O–H groups in total. The van der Waals surface area contributed by atoms with Gasteiger partial charge in [-0.1, -0.05) is 42.0 Å². The molecule has 1 aliphatic carbocycles. The highest BCUT2D eigenvalue weighted by atomic mass is 35.5. The van der Waals surface area contributed by atoms with Crippen molar-refractivity contribution in [2.45, 2.75) is 12.5 Å². The van der Waals surface area contributed by atoms with Crippen LogP contribution in [0, 0.1) is 0 Å². The molecule has 0 saturated carbocycles. The second kappa shape index (κ2) is 5.82. The van der Waals surface area contributed by atoms with Gasteiger partial charge in [-0.3, -0.25) is 14.9 Å². The maximum absolute atomic E-state index is 11.9. The van der Waals surface area contributed by atoms with Crippen molar-refractivity contribution in [1.82, 2.24) is 5.32 Å². The summed E-state index contributed by atoms with van der Waals surface area (Å²) in [5, 5.41) is 2.59. The summed E-state index contributed by atoms with van der Waals surface area (Å²) in [6.45, 7) is 0. The van der Waals surface area contributed by atoms with Crippen LogP contribution in [0.15, 0.2) is 48.1 Å². The van der Waals surface area contributed by atoms with Crippen LogP contribution in [0.5, 0.6) is 0 Å². The molecular formula is C14H13ClN2O2. The van der Waals surface area contributed by atoms with Crippen LogP contribution >= 0.6 is 11.6 Å². The molecule has 5 heteroatoms. The van der Waals surface area contributed by atoms with E-state index >= 15 is 0 Å². The van der Waals surface area contributed by atoms with E-state index in [-0.39, 0.29) is 5.56 Å². The molecule has 2 amide bonds. The smallest absolute Gasteiger partial charge is 0.259 e. The maximum Gasteiger partial charge on any atom is 0.259 e. The van der Waals surface area contributed by atoms with Crippen molar-refractivity contribution >= 4 is 23.4 Å². The van der Waals surface area contributed by atoms with Crippen LogP contribution in [-0.2, 0) is 4.79 Å². The highest BCUT2D eigenvalue weighted by Gasteiger charge is 2.20. The molecule has 0 aliphatic heterocycles. The minimum Gasteiger partial charge on any atom is -0.321 e. The van der Waals surface area contributed by atoms with Gasteiger partial charge in [-0.2, -0.15) is 0 Å². The van der Waals surface area contributed by atoms with Gasteiger partial charge in [0.25, 0.3) is 11.8 Å². The first-order valence-electron chi connectivity index (χ1n) is 5.82. The van der Waals surface area contributed by atoms with Crippen molar-refractivity contribution in [2.75, 3.05) is 0 Å². The molecule has 1 unspecified atom stereocenters. The van der Waals surface area contributed by atoms with Crippen LogP contribution in [0.3, 0.4) is 0 Å². The normalized spacial score (nSPS) is 17.8. The van der Waals surface area contributed by atoms with Crippen LogP contribution in [0.4, 0.5) is 0 Å². The zero-order valence-corrected chi connectivity index (χ0v) is 10.9. The lowest BCUT2D eigenvalue weighted by Gasteiger charge is -2.15. The Hall–Kier alpha value is -1.91. The summed E-state index contributed by atoms with van der Waals surface area (Å²) in [5.41, 5.74) is 6.42. The monoisotopic (exact) mass is 276 g/mol. The zero-order valence-electron chi connectivity index (χ0n) is 10.1. The molecule has 1 atom stereocenters. The molecule has 0 fully saturated rings. The van der Waals surface area contributed by atoms with Crippen LogP contribution < -0.4 is 11.1 Å². The number of allylic oxidation sites excluding steroid dienone is 2. The number of hydrogen-bond acceptors (Lipinski definition) is 3. The number of carbonyl (C=O) groups is 2. The second-order valence-electron chi connectivity index (χ2n) is 4.11. The lowest BCUT2D eigenvalue weighted by molar-refractivity contribution is -0.116. The van der Waals surface area contributed by atoms with Crippen LogP contribution in [-0.4, -0.2) is 17.9 Å². The molecule has 0 saturated heterocycles. The minimum atomic E-state index is -0.529. The van der Waals surface area contributed by atoms with Crippen molar-refractivity contribution in [3.8, 4) is 0 Å². The third-order valence-corrected chi connectivity index (χ3v) is 3.11. The Morgan fingerprint density at radius 1 is 1.26 bits per heavy atom. The van der Waals surface area contributed by atoms with E-state index in [9.17, 15) is 9.59 Å². The first-order valence-corrected chi connectivity index (χ1v) is 6.20. The average Bonchev–Trinajstić information content (AvgIpc) is 2.39. The molecule has 0 aromatic heterocycles. The van der Waals surface area contributed by atoms with Gasteiger partial charge in [0.2, 0.25) is 0 Å². The number of nitrogens with two attached hydrogens (primary N) is 1. The number of amides is 2. The zero-order chi connectivity index (χ0) is 13.8. The lowest BCUT2D eigenvalue weighted by Crippen LogP contribution is -2.38. The highest BCUT2D eigenvalue weighted by molar-refractivity contribution is 6.34. The van der Waals surface area contributed by atoms with Gasteiger partial charge in [-0.15, -0.1) is 0 Å². The number of benzene rings is 1. The third-order valence-electron chi connectivity index (χ3n) is 2.78. The molecule has 19 heavy (non-hydrogen) atoms. The summed E-state index contributed by atoms with van der Waals surface area (Å²) in [7, 11) is 0. The minimum absolute atomic E-state index is 0.262. The molecule has 0 heterocycles. The first kappa shape index (κ1) is 13.5. The number of imide groups is 1. The fraction of sp³-hybridized carbons (Fsp3) is 0.143. The van der Waals surface area contributed by atoms with Crippen molar-refractivity contribution < 1.29 is 9.59 Å². The standard InChI is InChI=1S/C14H13ClN2O2/c15-11-7-3-1-5-9(11)13(18)17-14(19)10-6-2-4-8-12(10)16/h1,3-8,12H,2,16H2,(H,17,18,19). The second-order valence-corrected chi connectivity index (χ2v) is 4.52. The van der Waals surface area contributed by atoms with Gasteiger partial charge in [-0.25, -0.2) is 0 Å². The average molecular weight is 277 g/mol. The number of hydrogen-bond donors (Lipinski definition) is 2. The topological polar surface area (TPSA) is 72.2 Å². The Morgan fingerprint density at radius 3 is 2.68 bits per heavy atom. The summed E-state index contributed by atoms with van der Waals surface area (Å²) in [6.07, 6.45) is 5.95. The molecule has 1 aromatic carbocycles. The summed E-state index contributed by atoms with van der Waals surface area (Å²) in [6, 6.07) is 6.06. The number of nitrogens with one attached hydrogen (secondary N) is 1. The van der Waals surface area contributed by atoms with Gasteiger partial charge in [0, 0.05) is 5.57 Å². The molecular weight excluding hydrogens is 264 g/mol. The van der Waals surface area contributed by atoms with E-state index in [2.05, 4.69) is 5.32 Å². The third kappa shape index (κ3) is 3.10. The van der Waals surface area contributed by atoms with E-state index in [1.807, 2.05) is 6.08 Å². The molecule has 1 aromatic rings. The Morgan fingerprint density at radius 2 is 2.00 bits per heavy atom. The number of halogens is 1. The predicted octanol–water partition coefficient (Wildman–Crippen LogP) is 1.81. The fourth-order valence-corrected chi connectivity index (χ4v) is 2.01. The predicted molar refractivity (Wildman–Crippen MR) is 73.7 cm³/mol. The van der Waals surface area contributed by atoms with Crippen molar-refractivity contribution in [3.63, 3.8) is 0 Å². The van der Waals surface area contributed by atoms with E-state index in [1.54, 1.807) is 36.4 Å². The summed E-state index contributed by atoms with van der Waals surface area (Å²) in [4.78, 5) is 23.9. The summed E-state index contributed by atoms with van der Waals surface area (Å²) in [5.74, 6) is -1.01. The maximum atomic E-state index is 11.9. The van der Waals surface area contributed by atoms with E-state index in [0.29, 0.717) is 17.0 Å².